The Kier molecular flexibility index (Phi) is 11.5. The molecule has 0 heterocycles. The monoisotopic (exact) mass is 432 g/mol. The van der Waals surface area contributed by atoms with Crippen LogP contribution in [0.2, 0.25) is 0 Å². The zero-order valence-corrected chi connectivity index (χ0v) is 16.9. The molecule has 0 aromatic heterocycles. The van der Waals surface area contributed by atoms with Gasteiger partial charge in [0.15, 0.2) is 5.96 Å². The Morgan fingerprint density at radius 3 is 2.39 bits per heavy atom. The third kappa shape index (κ3) is 9.43. The Labute approximate surface area is 157 Å². The van der Waals surface area contributed by atoms with Crippen LogP contribution in [0.15, 0.2) is 29.3 Å². The summed E-state index contributed by atoms with van der Waals surface area (Å²) in [5.74, 6) is 0.713. The van der Waals surface area contributed by atoms with Crippen molar-refractivity contribution in [1.29, 1.82) is 0 Å². The highest BCUT2D eigenvalue weighted by atomic mass is 127. The van der Waals surface area contributed by atoms with E-state index in [2.05, 4.69) is 53.7 Å². The van der Waals surface area contributed by atoms with E-state index in [9.17, 15) is 4.79 Å². The number of guanidine groups is 1. The largest absolute Gasteiger partial charge is 0.356 e. The SMILES string of the molecule is CCCCNC(=NCc1ccc(C)cc1)NCC(=O)N(C)C.I. The molecule has 5 nitrogen and oxygen atoms in total. The number of aliphatic imine (C=N–C) groups is 1. The highest BCUT2D eigenvalue weighted by Crippen LogP contribution is 2.04. The normalized spacial score (nSPS) is 10.7. The molecule has 0 unspecified atom stereocenters. The van der Waals surface area contributed by atoms with Crippen LogP contribution in [-0.2, 0) is 11.3 Å². The Balaban J connectivity index is 0.00000484. The molecule has 0 spiro atoms. The summed E-state index contributed by atoms with van der Waals surface area (Å²) in [4.78, 5) is 17.8. The van der Waals surface area contributed by atoms with Gasteiger partial charge in [0, 0.05) is 20.6 Å². The van der Waals surface area contributed by atoms with Crippen LogP contribution < -0.4 is 10.6 Å². The van der Waals surface area contributed by atoms with Crippen LogP contribution in [0.25, 0.3) is 0 Å². The molecule has 0 fully saturated rings. The lowest BCUT2D eigenvalue weighted by molar-refractivity contribution is -0.127. The van der Waals surface area contributed by atoms with E-state index in [0.717, 1.165) is 24.9 Å². The fourth-order valence-corrected chi connectivity index (χ4v) is 1.74. The minimum atomic E-state index is 0. The Bertz CT molecular complexity index is 486. The van der Waals surface area contributed by atoms with Gasteiger partial charge >= 0.3 is 0 Å². The summed E-state index contributed by atoms with van der Waals surface area (Å²) in [5.41, 5.74) is 2.39. The number of nitrogens with zero attached hydrogens (tertiary/aromatic N) is 2. The molecule has 23 heavy (non-hydrogen) atoms. The van der Waals surface area contributed by atoms with Crippen molar-refractivity contribution in [2.75, 3.05) is 27.2 Å². The van der Waals surface area contributed by atoms with Crippen LogP contribution >= 0.6 is 24.0 Å². The first-order valence-electron chi connectivity index (χ1n) is 7.80. The summed E-state index contributed by atoms with van der Waals surface area (Å²) >= 11 is 0. The minimum absolute atomic E-state index is 0. The summed E-state index contributed by atoms with van der Waals surface area (Å²) in [7, 11) is 3.50. The Morgan fingerprint density at radius 2 is 1.83 bits per heavy atom. The van der Waals surface area contributed by atoms with E-state index in [0.29, 0.717) is 12.5 Å². The van der Waals surface area contributed by atoms with Gasteiger partial charge in [0.1, 0.15) is 0 Å². The van der Waals surface area contributed by atoms with Crippen molar-refractivity contribution in [2.45, 2.75) is 33.2 Å². The molecular weight excluding hydrogens is 403 g/mol. The number of carbonyl (C=O) groups is 1. The minimum Gasteiger partial charge on any atom is -0.356 e. The number of carbonyl (C=O) groups excluding carboxylic acids is 1. The summed E-state index contributed by atoms with van der Waals surface area (Å²) in [6.45, 7) is 5.91. The topological polar surface area (TPSA) is 56.7 Å². The quantitative estimate of drug-likeness (QED) is 0.301. The molecule has 0 aliphatic carbocycles. The molecule has 0 radical (unpaired) electrons. The van der Waals surface area contributed by atoms with Gasteiger partial charge in [-0.05, 0) is 18.9 Å². The van der Waals surface area contributed by atoms with Gasteiger partial charge in [-0.3, -0.25) is 4.79 Å². The molecular formula is C17H29IN4O. The Hall–Kier alpha value is -1.31. The van der Waals surface area contributed by atoms with Crippen LogP contribution in [0.5, 0.6) is 0 Å². The first-order chi connectivity index (χ1) is 10.5. The van der Waals surface area contributed by atoms with Crippen LogP contribution in [0, 0.1) is 6.92 Å². The van der Waals surface area contributed by atoms with Gasteiger partial charge < -0.3 is 15.5 Å². The summed E-state index contributed by atoms with van der Waals surface area (Å²) in [6, 6.07) is 8.32. The first kappa shape index (κ1) is 21.7. The molecule has 1 aromatic carbocycles. The number of hydrogen-bond donors (Lipinski definition) is 2. The van der Waals surface area contributed by atoms with Crippen LogP contribution in [0.4, 0.5) is 0 Å². The van der Waals surface area contributed by atoms with Gasteiger partial charge in [0.2, 0.25) is 5.91 Å². The second-order valence-corrected chi connectivity index (χ2v) is 5.57. The highest BCUT2D eigenvalue weighted by molar-refractivity contribution is 14.0. The van der Waals surface area contributed by atoms with E-state index in [4.69, 9.17) is 0 Å². The van der Waals surface area contributed by atoms with Crippen molar-refractivity contribution in [3.63, 3.8) is 0 Å². The molecule has 0 saturated carbocycles. The van der Waals surface area contributed by atoms with Gasteiger partial charge in [0.05, 0.1) is 13.1 Å². The molecule has 1 aromatic rings. The average molecular weight is 432 g/mol. The molecule has 0 saturated heterocycles. The van der Waals surface area contributed by atoms with Crippen LogP contribution in [-0.4, -0.2) is 44.0 Å². The number of benzene rings is 1. The number of unbranched alkanes of at least 4 members (excludes halogenated alkanes) is 1. The lowest BCUT2D eigenvalue weighted by atomic mass is 10.1. The lowest BCUT2D eigenvalue weighted by Gasteiger charge is -2.14. The standard InChI is InChI=1S/C17H28N4O.HI/c1-5-6-11-18-17(20-13-16(22)21(3)4)19-12-15-9-7-14(2)8-10-15;/h7-10H,5-6,11-13H2,1-4H3,(H2,18,19,20);1H. The summed E-state index contributed by atoms with van der Waals surface area (Å²) < 4.78 is 0. The zero-order chi connectivity index (χ0) is 16.4. The van der Waals surface area contributed by atoms with Crippen molar-refractivity contribution < 1.29 is 4.79 Å². The number of halogens is 1. The zero-order valence-electron chi connectivity index (χ0n) is 14.6. The maximum absolute atomic E-state index is 11.7. The molecule has 0 atom stereocenters. The fourth-order valence-electron chi connectivity index (χ4n) is 1.74. The molecule has 6 heteroatoms. The van der Waals surface area contributed by atoms with Crippen molar-refractivity contribution >= 4 is 35.8 Å². The van der Waals surface area contributed by atoms with Gasteiger partial charge in [-0.15, -0.1) is 24.0 Å². The molecule has 1 amide bonds. The molecule has 1 rings (SSSR count). The predicted molar refractivity (Wildman–Crippen MR) is 107 cm³/mol. The maximum atomic E-state index is 11.7. The van der Waals surface area contributed by atoms with E-state index in [1.54, 1.807) is 19.0 Å². The van der Waals surface area contributed by atoms with E-state index in [1.807, 2.05) is 0 Å². The predicted octanol–water partition coefficient (Wildman–Crippen LogP) is 2.54. The van der Waals surface area contributed by atoms with E-state index >= 15 is 0 Å². The number of rotatable bonds is 7. The molecule has 0 bridgehead atoms. The number of amides is 1. The maximum Gasteiger partial charge on any atom is 0.241 e. The van der Waals surface area contributed by atoms with Gasteiger partial charge in [0.25, 0.3) is 0 Å². The average Bonchev–Trinajstić information content (AvgIpc) is 2.50. The van der Waals surface area contributed by atoms with Crippen LogP contribution in [0.1, 0.15) is 30.9 Å². The second-order valence-electron chi connectivity index (χ2n) is 5.57. The van der Waals surface area contributed by atoms with E-state index in [1.165, 1.54) is 5.56 Å². The lowest BCUT2D eigenvalue weighted by Crippen LogP contribution is -2.43. The van der Waals surface area contributed by atoms with E-state index < -0.39 is 0 Å². The van der Waals surface area contributed by atoms with Crippen molar-refractivity contribution in [3.8, 4) is 0 Å². The summed E-state index contributed by atoms with van der Waals surface area (Å²) in [6.07, 6.45) is 2.20. The number of aryl methyl sites for hydroxylation is 1. The highest BCUT2D eigenvalue weighted by Gasteiger charge is 2.05. The van der Waals surface area contributed by atoms with Crippen molar-refractivity contribution in [3.05, 3.63) is 35.4 Å². The van der Waals surface area contributed by atoms with Gasteiger partial charge in [-0.2, -0.15) is 0 Å². The number of likely N-dealkylation sites (N-methyl/N-ethyl adjacent to an activating group) is 1. The summed E-state index contributed by atoms with van der Waals surface area (Å²) in [5, 5.41) is 6.35. The van der Waals surface area contributed by atoms with Gasteiger partial charge in [-0.25, -0.2) is 4.99 Å². The van der Waals surface area contributed by atoms with Crippen molar-refractivity contribution in [2.24, 2.45) is 4.99 Å². The van der Waals surface area contributed by atoms with Crippen molar-refractivity contribution in [1.82, 2.24) is 15.5 Å². The van der Waals surface area contributed by atoms with Crippen LogP contribution in [0.3, 0.4) is 0 Å². The smallest absolute Gasteiger partial charge is 0.241 e. The first-order valence-corrected chi connectivity index (χ1v) is 7.80. The second kappa shape index (κ2) is 12.2. The third-order valence-corrected chi connectivity index (χ3v) is 3.27. The third-order valence-electron chi connectivity index (χ3n) is 3.27. The fraction of sp³-hybridized carbons (Fsp3) is 0.529. The molecule has 2 N–H and O–H groups in total. The van der Waals surface area contributed by atoms with E-state index in [-0.39, 0.29) is 36.4 Å². The number of nitrogens with one attached hydrogen (secondary N) is 2. The number of hydrogen-bond acceptors (Lipinski definition) is 2. The Morgan fingerprint density at radius 1 is 1.17 bits per heavy atom. The van der Waals surface area contributed by atoms with Gasteiger partial charge in [-0.1, -0.05) is 43.2 Å². The molecule has 0 aliphatic heterocycles. The molecule has 130 valence electrons. The molecule has 0 aliphatic rings.